The smallest absolute Gasteiger partial charge is 0.0843 e. The summed E-state index contributed by atoms with van der Waals surface area (Å²) in [6.07, 6.45) is -0.470. The molecule has 31 heavy (non-hydrogen) atoms. The highest BCUT2D eigenvalue weighted by molar-refractivity contribution is 6.07. The molecule has 0 amide bonds. The molecule has 1 heterocycles. The van der Waals surface area contributed by atoms with Crippen LogP contribution in [0.5, 0.6) is 0 Å². The first-order valence-electron chi connectivity index (χ1n) is 10.8. The predicted molar refractivity (Wildman–Crippen MR) is 129 cm³/mol. The zero-order chi connectivity index (χ0) is 21.0. The Balaban J connectivity index is 1.23. The van der Waals surface area contributed by atoms with E-state index in [9.17, 15) is 5.11 Å². The fraction of sp³-hybridized carbons (Fsp3) is 0.143. The maximum absolute atomic E-state index is 10.7. The number of nitrogens with one attached hydrogen (secondary N) is 1. The number of aliphatic hydroxyl groups excluding tert-OH is 1. The molecular formula is C28H26N2O. The predicted octanol–water partition coefficient (Wildman–Crippen LogP) is 5.61. The number of aromatic nitrogens is 1. The Labute approximate surface area is 182 Å². The molecule has 154 valence electrons. The number of benzene rings is 4. The van der Waals surface area contributed by atoms with Gasteiger partial charge in [-0.3, -0.25) is 0 Å². The van der Waals surface area contributed by atoms with Crippen molar-refractivity contribution in [3.8, 4) is 11.1 Å². The molecule has 1 unspecified atom stereocenters. The number of hydrogen-bond acceptors (Lipinski definition) is 2. The van der Waals surface area contributed by atoms with Crippen LogP contribution in [0.3, 0.4) is 0 Å². The van der Waals surface area contributed by atoms with Gasteiger partial charge in [0.2, 0.25) is 0 Å². The maximum Gasteiger partial charge on any atom is 0.0843 e. The first-order valence-corrected chi connectivity index (χ1v) is 10.8. The molecule has 3 heteroatoms. The standard InChI is InChI=1S/C28H26N2O/c31-24(19-29-18-21-14-16-23(17-15-21)22-8-2-1-3-9-22)20-30-27-12-6-4-10-25(27)26-11-5-7-13-28(26)30/h1-17,24,29,31H,18-20H2. The Morgan fingerprint density at radius 3 is 1.84 bits per heavy atom. The second-order valence-electron chi connectivity index (χ2n) is 7.99. The van der Waals surface area contributed by atoms with Gasteiger partial charge in [-0.25, -0.2) is 0 Å². The van der Waals surface area contributed by atoms with Gasteiger partial charge in [0.1, 0.15) is 0 Å². The molecule has 2 N–H and O–H groups in total. The van der Waals surface area contributed by atoms with Crippen molar-refractivity contribution in [2.75, 3.05) is 6.54 Å². The first-order chi connectivity index (χ1) is 15.3. The number of nitrogens with zero attached hydrogens (tertiary/aromatic N) is 1. The van der Waals surface area contributed by atoms with Gasteiger partial charge in [0.05, 0.1) is 12.6 Å². The van der Waals surface area contributed by atoms with Crippen LogP contribution >= 0.6 is 0 Å². The molecule has 1 aromatic heterocycles. The quantitative estimate of drug-likeness (QED) is 0.368. The SMILES string of the molecule is OC(CNCc1ccc(-c2ccccc2)cc1)Cn1c2ccccc2c2ccccc21. The van der Waals surface area contributed by atoms with Crippen molar-refractivity contribution in [2.24, 2.45) is 0 Å². The number of fused-ring (bicyclic) bond motifs is 3. The zero-order valence-corrected chi connectivity index (χ0v) is 17.4. The van der Waals surface area contributed by atoms with Crippen LogP contribution in [0.4, 0.5) is 0 Å². The largest absolute Gasteiger partial charge is 0.390 e. The van der Waals surface area contributed by atoms with Gasteiger partial charge in [-0.2, -0.15) is 0 Å². The first kappa shape index (κ1) is 19.6. The van der Waals surface area contributed by atoms with Crippen molar-refractivity contribution < 1.29 is 5.11 Å². The summed E-state index contributed by atoms with van der Waals surface area (Å²) in [7, 11) is 0. The fourth-order valence-electron chi connectivity index (χ4n) is 4.30. The molecule has 0 aliphatic rings. The van der Waals surface area contributed by atoms with Crippen LogP contribution in [0, 0.1) is 0 Å². The topological polar surface area (TPSA) is 37.2 Å². The molecule has 0 fully saturated rings. The Morgan fingerprint density at radius 1 is 0.645 bits per heavy atom. The van der Waals surface area contributed by atoms with Crippen molar-refractivity contribution in [3.63, 3.8) is 0 Å². The van der Waals surface area contributed by atoms with E-state index in [2.05, 4.69) is 107 Å². The zero-order valence-electron chi connectivity index (χ0n) is 17.4. The summed E-state index contributed by atoms with van der Waals surface area (Å²) in [5, 5.41) is 16.6. The van der Waals surface area contributed by atoms with Gasteiger partial charge in [0, 0.05) is 34.9 Å². The van der Waals surface area contributed by atoms with Crippen molar-refractivity contribution in [2.45, 2.75) is 19.2 Å². The Bertz CT molecular complexity index is 1240. The molecule has 0 saturated carbocycles. The van der Waals surface area contributed by atoms with Gasteiger partial charge in [-0.1, -0.05) is 91.0 Å². The molecule has 1 atom stereocenters. The maximum atomic E-state index is 10.7. The molecule has 0 aliphatic heterocycles. The fourth-order valence-corrected chi connectivity index (χ4v) is 4.30. The van der Waals surface area contributed by atoms with Crippen LogP contribution in [0.2, 0.25) is 0 Å². The molecular weight excluding hydrogens is 380 g/mol. The van der Waals surface area contributed by atoms with E-state index in [0.717, 1.165) is 6.54 Å². The number of para-hydroxylation sites is 2. The van der Waals surface area contributed by atoms with Gasteiger partial charge in [-0.15, -0.1) is 0 Å². The molecule has 4 aromatic carbocycles. The van der Waals surface area contributed by atoms with Crippen molar-refractivity contribution >= 4 is 21.8 Å². The molecule has 0 aliphatic carbocycles. The summed E-state index contributed by atoms with van der Waals surface area (Å²) >= 11 is 0. The van der Waals surface area contributed by atoms with Crippen LogP contribution in [-0.2, 0) is 13.1 Å². The Hall–Kier alpha value is -3.40. The van der Waals surface area contributed by atoms with E-state index in [1.54, 1.807) is 0 Å². The van der Waals surface area contributed by atoms with E-state index in [1.807, 2.05) is 6.07 Å². The summed E-state index contributed by atoms with van der Waals surface area (Å²) in [5.41, 5.74) is 5.99. The molecule has 3 nitrogen and oxygen atoms in total. The normalized spacial score (nSPS) is 12.4. The molecule has 0 spiro atoms. The summed E-state index contributed by atoms with van der Waals surface area (Å²) in [6, 6.07) is 35.8. The van der Waals surface area contributed by atoms with E-state index in [-0.39, 0.29) is 0 Å². The molecule has 0 radical (unpaired) electrons. The second-order valence-corrected chi connectivity index (χ2v) is 7.99. The van der Waals surface area contributed by atoms with E-state index >= 15 is 0 Å². The number of aliphatic hydroxyl groups is 1. The van der Waals surface area contributed by atoms with Crippen molar-refractivity contribution in [1.29, 1.82) is 0 Å². The lowest BCUT2D eigenvalue weighted by Gasteiger charge is -2.15. The second kappa shape index (κ2) is 8.76. The van der Waals surface area contributed by atoms with Crippen molar-refractivity contribution in [1.82, 2.24) is 9.88 Å². The Kier molecular flexibility index (Phi) is 5.53. The monoisotopic (exact) mass is 406 g/mol. The summed E-state index contributed by atoms with van der Waals surface area (Å²) in [5.74, 6) is 0. The van der Waals surface area contributed by atoms with Gasteiger partial charge in [-0.05, 0) is 28.8 Å². The summed E-state index contributed by atoms with van der Waals surface area (Å²) in [6.45, 7) is 1.84. The number of rotatable bonds is 7. The lowest BCUT2D eigenvalue weighted by Crippen LogP contribution is -2.29. The molecule has 0 bridgehead atoms. The van der Waals surface area contributed by atoms with Crippen molar-refractivity contribution in [3.05, 3.63) is 109 Å². The van der Waals surface area contributed by atoms with E-state index in [0.29, 0.717) is 13.1 Å². The summed E-state index contributed by atoms with van der Waals surface area (Å²) in [4.78, 5) is 0. The Morgan fingerprint density at radius 2 is 1.19 bits per heavy atom. The molecule has 0 saturated heterocycles. The average Bonchev–Trinajstić information content (AvgIpc) is 3.14. The highest BCUT2D eigenvalue weighted by Crippen LogP contribution is 2.28. The van der Waals surface area contributed by atoms with Crippen LogP contribution < -0.4 is 5.32 Å². The van der Waals surface area contributed by atoms with E-state index in [1.165, 1.54) is 38.5 Å². The average molecular weight is 407 g/mol. The highest BCUT2D eigenvalue weighted by Gasteiger charge is 2.13. The van der Waals surface area contributed by atoms with Crippen LogP contribution in [0.25, 0.3) is 32.9 Å². The summed E-state index contributed by atoms with van der Waals surface area (Å²) < 4.78 is 2.23. The van der Waals surface area contributed by atoms with Gasteiger partial charge in [0.15, 0.2) is 0 Å². The highest BCUT2D eigenvalue weighted by atomic mass is 16.3. The molecule has 5 rings (SSSR count). The van der Waals surface area contributed by atoms with Gasteiger partial charge >= 0.3 is 0 Å². The lowest BCUT2D eigenvalue weighted by atomic mass is 10.0. The van der Waals surface area contributed by atoms with E-state index in [4.69, 9.17) is 0 Å². The minimum absolute atomic E-state index is 0.470. The van der Waals surface area contributed by atoms with Gasteiger partial charge < -0.3 is 15.0 Å². The van der Waals surface area contributed by atoms with E-state index < -0.39 is 6.10 Å². The molecule has 5 aromatic rings. The van der Waals surface area contributed by atoms with Crippen LogP contribution in [-0.4, -0.2) is 22.3 Å². The minimum Gasteiger partial charge on any atom is -0.390 e. The minimum atomic E-state index is -0.470. The van der Waals surface area contributed by atoms with Crippen LogP contribution in [0.1, 0.15) is 5.56 Å². The third kappa shape index (κ3) is 4.11. The third-order valence-corrected chi connectivity index (χ3v) is 5.84. The lowest BCUT2D eigenvalue weighted by molar-refractivity contribution is 0.154. The number of hydrogen-bond donors (Lipinski definition) is 2. The van der Waals surface area contributed by atoms with Gasteiger partial charge in [0.25, 0.3) is 0 Å². The third-order valence-electron chi connectivity index (χ3n) is 5.84. The van der Waals surface area contributed by atoms with Crippen LogP contribution in [0.15, 0.2) is 103 Å².